The molecule has 0 fully saturated rings. The number of ether oxygens (including phenoxy) is 1. The summed E-state index contributed by atoms with van der Waals surface area (Å²) in [6.45, 7) is 1.89. The van der Waals surface area contributed by atoms with Gasteiger partial charge in [0.2, 0.25) is 0 Å². The van der Waals surface area contributed by atoms with E-state index >= 15 is 0 Å². The van der Waals surface area contributed by atoms with Crippen LogP contribution in [0.5, 0.6) is 5.75 Å². The Bertz CT molecular complexity index is 1130. The van der Waals surface area contributed by atoms with Gasteiger partial charge in [-0.3, -0.25) is 4.79 Å². The summed E-state index contributed by atoms with van der Waals surface area (Å²) in [4.78, 5) is 17.5. The number of aromatic nitrogens is 2. The number of hydrogen-bond donors (Lipinski definition) is 1. The zero-order chi connectivity index (χ0) is 19.7. The van der Waals surface area contributed by atoms with E-state index in [1.54, 1.807) is 13.3 Å². The van der Waals surface area contributed by atoms with Gasteiger partial charge in [-0.2, -0.15) is 0 Å². The van der Waals surface area contributed by atoms with Gasteiger partial charge in [0.15, 0.2) is 5.76 Å². The summed E-state index contributed by atoms with van der Waals surface area (Å²) in [5, 5.41) is 4.01. The molecule has 0 bridgehead atoms. The molecular formula is C22H21N3O3. The van der Waals surface area contributed by atoms with Crippen molar-refractivity contribution in [2.24, 2.45) is 7.05 Å². The van der Waals surface area contributed by atoms with Crippen LogP contribution in [0.1, 0.15) is 33.5 Å². The third-order valence-electron chi connectivity index (χ3n) is 4.89. The van der Waals surface area contributed by atoms with Crippen LogP contribution in [0.3, 0.4) is 0 Å². The summed E-state index contributed by atoms with van der Waals surface area (Å²) in [6.07, 6.45) is 3.56. The van der Waals surface area contributed by atoms with Gasteiger partial charge in [-0.15, -0.1) is 0 Å². The van der Waals surface area contributed by atoms with Gasteiger partial charge >= 0.3 is 0 Å². The van der Waals surface area contributed by atoms with Crippen LogP contribution in [0.15, 0.2) is 65.3 Å². The van der Waals surface area contributed by atoms with Crippen LogP contribution in [-0.2, 0) is 7.05 Å². The average molecular weight is 375 g/mol. The first-order valence-corrected chi connectivity index (χ1v) is 8.98. The largest absolute Gasteiger partial charge is 0.497 e. The molecule has 0 aliphatic carbocycles. The number of para-hydroxylation sites is 1. The van der Waals surface area contributed by atoms with Crippen LogP contribution in [0.2, 0.25) is 0 Å². The molecule has 2 heterocycles. The lowest BCUT2D eigenvalue weighted by Crippen LogP contribution is -2.31. The summed E-state index contributed by atoms with van der Waals surface area (Å²) in [7, 11) is 3.52. The highest BCUT2D eigenvalue weighted by Gasteiger charge is 2.25. The molecule has 2 aromatic carbocycles. The maximum atomic E-state index is 13.1. The SMILES string of the molecule is COc1ccc([C@H](NC(=O)c2oc3ccccc3c2C)c2nccn2C)cc1. The zero-order valence-corrected chi connectivity index (χ0v) is 16.0. The second-order valence-corrected chi connectivity index (χ2v) is 6.63. The van der Waals surface area contributed by atoms with Crippen molar-refractivity contribution in [2.75, 3.05) is 7.11 Å². The van der Waals surface area contributed by atoms with Crippen LogP contribution in [-0.4, -0.2) is 22.6 Å². The smallest absolute Gasteiger partial charge is 0.288 e. The average Bonchev–Trinajstić information content (AvgIpc) is 3.30. The third-order valence-corrected chi connectivity index (χ3v) is 4.89. The van der Waals surface area contributed by atoms with Gasteiger partial charge in [0.05, 0.1) is 7.11 Å². The number of furan rings is 1. The van der Waals surface area contributed by atoms with Gasteiger partial charge in [-0.05, 0) is 30.7 Å². The molecule has 6 heteroatoms. The molecule has 0 spiro atoms. The fourth-order valence-electron chi connectivity index (χ4n) is 3.34. The Labute approximate surface area is 162 Å². The van der Waals surface area contributed by atoms with Crippen molar-refractivity contribution < 1.29 is 13.9 Å². The number of carbonyl (C=O) groups is 1. The Morgan fingerprint density at radius 3 is 2.57 bits per heavy atom. The molecule has 1 atom stereocenters. The van der Waals surface area contributed by atoms with Gasteiger partial charge in [0.25, 0.3) is 5.91 Å². The number of methoxy groups -OCH3 is 1. The summed E-state index contributed by atoms with van der Waals surface area (Å²) in [6, 6.07) is 14.8. The Balaban J connectivity index is 1.71. The summed E-state index contributed by atoms with van der Waals surface area (Å²) in [5.74, 6) is 1.51. The number of aryl methyl sites for hydroxylation is 2. The molecule has 6 nitrogen and oxygen atoms in total. The molecule has 28 heavy (non-hydrogen) atoms. The first-order chi connectivity index (χ1) is 13.6. The van der Waals surface area contributed by atoms with Crippen LogP contribution in [0.4, 0.5) is 0 Å². The van der Waals surface area contributed by atoms with E-state index in [2.05, 4.69) is 10.3 Å². The highest BCUT2D eigenvalue weighted by molar-refractivity contribution is 5.99. The van der Waals surface area contributed by atoms with Crippen molar-refractivity contribution in [1.29, 1.82) is 0 Å². The first-order valence-electron chi connectivity index (χ1n) is 8.98. The molecule has 0 aliphatic rings. The molecule has 4 aromatic rings. The highest BCUT2D eigenvalue weighted by Crippen LogP contribution is 2.27. The van der Waals surface area contributed by atoms with Crippen LogP contribution < -0.4 is 10.1 Å². The van der Waals surface area contributed by atoms with Crippen molar-refractivity contribution >= 4 is 16.9 Å². The molecule has 2 aromatic heterocycles. The molecule has 0 aliphatic heterocycles. The van der Waals surface area contributed by atoms with Gasteiger partial charge in [-0.1, -0.05) is 30.3 Å². The Morgan fingerprint density at radius 2 is 1.93 bits per heavy atom. The van der Waals surface area contributed by atoms with Crippen molar-refractivity contribution in [1.82, 2.24) is 14.9 Å². The van der Waals surface area contributed by atoms with Crippen LogP contribution in [0, 0.1) is 6.92 Å². The second kappa shape index (κ2) is 7.23. The number of hydrogen-bond acceptors (Lipinski definition) is 4. The van der Waals surface area contributed by atoms with Crippen molar-refractivity contribution in [2.45, 2.75) is 13.0 Å². The zero-order valence-electron chi connectivity index (χ0n) is 16.0. The van der Waals surface area contributed by atoms with Crippen LogP contribution >= 0.6 is 0 Å². The molecule has 0 saturated heterocycles. The second-order valence-electron chi connectivity index (χ2n) is 6.63. The maximum absolute atomic E-state index is 13.1. The molecule has 1 N–H and O–H groups in total. The first kappa shape index (κ1) is 17.9. The molecule has 4 rings (SSSR count). The highest BCUT2D eigenvalue weighted by atomic mass is 16.5. The van der Waals surface area contributed by atoms with E-state index in [9.17, 15) is 4.79 Å². The number of amides is 1. The monoisotopic (exact) mass is 375 g/mol. The molecule has 0 radical (unpaired) electrons. The molecular weight excluding hydrogens is 354 g/mol. The van der Waals surface area contributed by atoms with Gasteiger partial charge < -0.3 is 19.0 Å². The standard InChI is InChI=1S/C22H21N3O3/c1-14-17-6-4-5-7-18(17)28-20(14)22(26)24-19(21-23-12-13-25(21)2)15-8-10-16(27-3)11-9-15/h4-13,19H,1-3H3,(H,24,26)/t19-/m0/s1. The predicted octanol–water partition coefficient (Wildman–Crippen LogP) is 4.00. The minimum atomic E-state index is -0.425. The summed E-state index contributed by atoms with van der Waals surface area (Å²) < 4.78 is 13.0. The van der Waals surface area contributed by atoms with E-state index in [4.69, 9.17) is 9.15 Å². The maximum Gasteiger partial charge on any atom is 0.288 e. The Hall–Kier alpha value is -3.54. The lowest BCUT2D eigenvalue weighted by Gasteiger charge is -2.19. The number of benzene rings is 2. The van der Waals surface area contributed by atoms with E-state index in [0.717, 1.165) is 28.1 Å². The van der Waals surface area contributed by atoms with E-state index in [1.807, 2.05) is 73.3 Å². The Morgan fingerprint density at radius 1 is 1.18 bits per heavy atom. The predicted molar refractivity (Wildman–Crippen MR) is 106 cm³/mol. The topological polar surface area (TPSA) is 69.3 Å². The fraction of sp³-hybridized carbons (Fsp3) is 0.182. The molecule has 0 unspecified atom stereocenters. The third kappa shape index (κ3) is 3.13. The van der Waals surface area contributed by atoms with Crippen molar-refractivity contribution in [3.63, 3.8) is 0 Å². The lowest BCUT2D eigenvalue weighted by atomic mass is 10.1. The quantitative estimate of drug-likeness (QED) is 0.572. The van der Waals surface area contributed by atoms with Crippen LogP contribution in [0.25, 0.3) is 11.0 Å². The van der Waals surface area contributed by atoms with E-state index in [1.165, 1.54) is 0 Å². The van der Waals surface area contributed by atoms with Crippen molar-refractivity contribution in [3.8, 4) is 5.75 Å². The van der Waals surface area contributed by atoms with Crippen molar-refractivity contribution in [3.05, 3.63) is 83.6 Å². The van der Waals surface area contributed by atoms with Gasteiger partial charge in [0.1, 0.15) is 23.2 Å². The fourth-order valence-corrected chi connectivity index (χ4v) is 3.34. The van der Waals surface area contributed by atoms with Gasteiger partial charge in [0, 0.05) is 30.4 Å². The van der Waals surface area contributed by atoms with Gasteiger partial charge in [-0.25, -0.2) is 4.98 Å². The number of imidazole rings is 1. The number of nitrogens with one attached hydrogen (secondary N) is 1. The minimum Gasteiger partial charge on any atom is -0.497 e. The molecule has 1 amide bonds. The number of carbonyl (C=O) groups excluding carboxylic acids is 1. The summed E-state index contributed by atoms with van der Waals surface area (Å²) >= 11 is 0. The molecule has 142 valence electrons. The van der Waals surface area contributed by atoms with E-state index in [-0.39, 0.29) is 5.91 Å². The normalized spacial score (nSPS) is 12.1. The molecule has 0 saturated carbocycles. The lowest BCUT2D eigenvalue weighted by molar-refractivity contribution is 0.0914. The number of fused-ring (bicyclic) bond motifs is 1. The number of nitrogens with zero attached hydrogens (tertiary/aromatic N) is 2. The Kier molecular flexibility index (Phi) is 4.61. The minimum absolute atomic E-state index is 0.280. The summed E-state index contributed by atoms with van der Waals surface area (Å²) in [5.41, 5.74) is 2.42. The van der Waals surface area contributed by atoms with E-state index in [0.29, 0.717) is 11.3 Å². The number of rotatable bonds is 5. The van der Waals surface area contributed by atoms with E-state index < -0.39 is 6.04 Å².